The van der Waals surface area contributed by atoms with Gasteiger partial charge in [0.15, 0.2) is 5.69 Å². The van der Waals surface area contributed by atoms with E-state index >= 15 is 0 Å². The number of anilines is 2. The molecule has 5 N–H and O–H groups in total. The molecule has 3 rings (SSSR count). The number of H-pyrrole nitrogens is 1. The fourth-order valence-electron chi connectivity index (χ4n) is 2.62. The molecule has 3 amide bonds. The third-order valence-electron chi connectivity index (χ3n) is 4.11. The molecule has 1 aromatic heterocycles. The van der Waals surface area contributed by atoms with E-state index in [1.54, 1.807) is 36.4 Å². The van der Waals surface area contributed by atoms with E-state index in [0.29, 0.717) is 11.4 Å². The zero-order chi connectivity index (χ0) is 21.0. The van der Waals surface area contributed by atoms with Gasteiger partial charge in [0.25, 0.3) is 17.7 Å². The molecule has 0 unspecified atom stereocenters. The molecule has 0 aliphatic rings. The number of aromatic hydroxyl groups is 1. The number of aryl methyl sites for hydroxylation is 1. The van der Waals surface area contributed by atoms with Crippen LogP contribution in [-0.4, -0.2) is 39.8 Å². The lowest BCUT2D eigenvalue weighted by Crippen LogP contribution is -2.23. The second kappa shape index (κ2) is 8.26. The summed E-state index contributed by atoms with van der Waals surface area (Å²) in [5.74, 6) is -1.56. The monoisotopic (exact) mass is 393 g/mol. The second-order valence-electron chi connectivity index (χ2n) is 6.21. The number of nitrogens with one attached hydrogen (secondary N) is 4. The Labute approximate surface area is 166 Å². The van der Waals surface area contributed by atoms with Crippen molar-refractivity contribution in [2.24, 2.45) is 0 Å². The number of aromatic amines is 1. The van der Waals surface area contributed by atoms with Crippen LogP contribution < -0.4 is 16.0 Å². The fraction of sp³-hybridized carbons (Fsp3) is 0.100. The molecule has 0 radical (unpaired) electrons. The molecule has 0 atom stereocenters. The summed E-state index contributed by atoms with van der Waals surface area (Å²) in [5.41, 5.74) is 1.98. The van der Waals surface area contributed by atoms with Gasteiger partial charge >= 0.3 is 0 Å². The van der Waals surface area contributed by atoms with Crippen LogP contribution in [0.3, 0.4) is 0 Å². The molecule has 9 heteroatoms. The van der Waals surface area contributed by atoms with Crippen LogP contribution in [-0.2, 0) is 0 Å². The van der Waals surface area contributed by atoms with Gasteiger partial charge in [0, 0.05) is 18.4 Å². The molecule has 0 bridgehead atoms. The van der Waals surface area contributed by atoms with Crippen LogP contribution in [0.2, 0.25) is 0 Å². The second-order valence-corrected chi connectivity index (χ2v) is 6.21. The molecule has 0 spiro atoms. The van der Waals surface area contributed by atoms with E-state index in [9.17, 15) is 19.5 Å². The van der Waals surface area contributed by atoms with Crippen molar-refractivity contribution < 1.29 is 19.5 Å². The minimum atomic E-state index is -0.550. The predicted octanol–water partition coefficient (Wildman–Crippen LogP) is 2.29. The molecular formula is C20H19N5O4. The van der Waals surface area contributed by atoms with Crippen molar-refractivity contribution in [3.8, 4) is 5.75 Å². The third-order valence-corrected chi connectivity index (χ3v) is 4.11. The van der Waals surface area contributed by atoms with Crippen LogP contribution in [0.15, 0.2) is 48.8 Å². The van der Waals surface area contributed by atoms with E-state index in [-0.39, 0.29) is 22.7 Å². The summed E-state index contributed by atoms with van der Waals surface area (Å²) in [5, 5.41) is 17.6. The maximum atomic E-state index is 12.4. The van der Waals surface area contributed by atoms with Crippen LogP contribution in [0.1, 0.15) is 36.9 Å². The van der Waals surface area contributed by atoms with Gasteiger partial charge < -0.3 is 26.0 Å². The highest BCUT2D eigenvalue weighted by Crippen LogP contribution is 2.21. The summed E-state index contributed by atoms with van der Waals surface area (Å²) in [4.78, 5) is 42.9. The Hall–Kier alpha value is -4.14. The van der Waals surface area contributed by atoms with Crippen molar-refractivity contribution in [1.29, 1.82) is 0 Å². The third kappa shape index (κ3) is 4.41. The lowest BCUT2D eigenvalue weighted by Gasteiger charge is -2.09. The lowest BCUT2D eigenvalue weighted by molar-refractivity contribution is 0.0943. The topological polar surface area (TPSA) is 136 Å². The number of hydrogen-bond donors (Lipinski definition) is 5. The standard InChI is InChI=1S/C20H19N5O4/c1-11-3-8-14(15(26)9-11)18(27)24-12-4-6-13(7-5-12)25-20(29)17-16(19(28)21-2)22-10-23-17/h3-10,26H,1-2H3,(H,21,28)(H,22,23)(H,24,27)(H,25,29). The first kappa shape index (κ1) is 19.6. The number of carbonyl (C=O) groups is 3. The number of aromatic nitrogens is 2. The first-order chi connectivity index (χ1) is 13.9. The fourth-order valence-corrected chi connectivity index (χ4v) is 2.62. The molecule has 0 fully saturated rings. The van der Waals surface area contributed by atoms with Crippen LogP contribution in [0.5, 0.6) is 5.75 Å². The van der Waals surface area contributed by atoms with E-state index < -0.39 is 17.7 Å². The Morgan fingerprint density at radius 2 is 1.55 bits per heavy atom. The highest BCUT2D eigenvalue weighted by molar-refractivity contribution is 6.10. The van der Waals surface area contributed by atoms with Crippen molar-refractivity contribution in [3.05, 3.63) is 71.3 Å². The Morgan fingerprint density at radius 1 is 0.931 bits per heavy atom. The van der Waals surface area contributed by atoms with Crippen molar-refractivity contribution in [2.45, 2.75) is 6.92 Å². The summed E-state index contributed by atoms with van der Waals surface area (Å²) < 4.78 is 0. The highest BCUT2D eigenvalue weighted by atomic mass is 16.3. The maximum Gasteiger partial charge on any atom is 0.276 e. The number of phenolic OH excluding ortho intramolecular Hbond substituents is 1. The number of amides is 3. The van der Waals surface area contributed by atoms with Gasteiger partial charge in [0.05, 0.1) is 11.9 Å². The molecule has 2 aromatic carbocycles. The smallest absolute Gasteiger partial charge is 0.276 e. The van der Waals surface area contributed by atoms with Gasteiger partial charge in [-0.25, -0.2) is 4.98 Å². The normalized spacial score (nSPS) is 10.3. The minimum absolute atomic E-state index is 0.0309. The number of nitrogens with zero attached hydrogens (tertiary/aromatic N) is 1. The first-order valence-corrected chi connectivity index (χ1v) is 8.67. The number of rotatable bonds is 5. The number of benzene rings is 2. The lowest BCUT2D eigenvalue weighted by atomic mass is 10.1. The van der Waals surface area contributed by atoms with Gasteiger partial charge in [-0.2, -0.15) is 0 Å². The predicted molar refractivity (Wildman–Crippen MR) is 107 cm³/mol. The van der Waals surface area contributed by atoms with Crippen LogP contribution in [0.25, 0.3) is 0 Å². The van der Waals surface area contributed by atoms with Crippen molar-refractivity contribution in [1.82, 2.24) is 15.3 Å². The van der Waals surface area contributed by atoms with Gasteiger partial charge in [-0.3, -0.25) is 14.4 Å². The van der Waals surface area contributed by atoms with Crippen LogP contribution in [0, 0.1) is 6.92 Å². The van der Waals surface area contributed by atoms with Gasteiger partial charge in [0.2, 0.25) is 0 Å². The molecule has 1 heterocycles. The van der Waals surface area contributed by atoms with E-state index in [4.69, 9.17) is 0 Å². The van der Waals surface area contributed by atoms with E-state index in [1.165, 1.54) is 19.4 Å². The van der Waals surface area contributed by atoms with Gasteiger partial charge in [-0.1, -0.05) is 6.07 Å². The molecule has 3 aromatic rings. The largest absolute Gasteiger partial charge is 0.507 e. The molecule has 0 aliphatic heterocycles. The average molecular weight is 393 g/mol. The molecule has 0 saturated heterocycles. The summed E-state index contributed by atoms with van der Waals surface area (Å²) in [6, 6.07) is 11.2. The van der Waals surface area contributed by atoms with Crippen molar-refractivity contribution >= 4 is 29.1 Å². The SMILES string of the molecule is CNC(=O)c1[nH]cnc1C(=O)Nc1ccc(NC(=O)c2ccc(C)cc2O)cc1. The molecular weight excluding hydrogens is 374 g/mol. The summed E-state index contributed by atoms with van der Waals surface area (Å²) in [7, 11) is 1.45. The zero-order valence-electron chi connectivity index (χ0n) is 15.7. The highest BCUT2D eigenvalue weighted by Gasteiger charge is 2.19. The number of hydrogen-bond acceptors (Lipinski definition) is 5. The van der Waals surface area contributed by atoms with E-state index in [2.05, 4.69) is 25.9 Å². The van der Waals surface area contributed by atoms with Gasteiger partial charge in [0.1, 0.15) is 11.4 Å². The molecule has 0 aliphatic carbocycles. The van der Waals surface area contributed by atoms with Gasteiger partial charge in [-0.15, -0.1) is 0 Å². The molecule has 9 nitrogen and oxygen atoms in total. The molecule has 29 heavy (non-hydrogen) atoms. The number of phenols is 1. The molecule has 148 valence electrons. The van der Waals surface area contributed by atoms with Crippen molar-refractivity contribution in [2.75, 3.05) is 17.7 Å². The number of imidazole rings is 1. The van der Waals surface area contributed by atoms with E-state index in [0.717, 1.165) is 5.56 Å². The minimum Gasteiger partial charge on any atom is -0.507 e. The summed E-state index contributed by atoms with van der Waals surface area (Å²) in [6.45, 7) is 1.81. The number of carbonyl (C=O) groups excluding carboxylic acids is 3. The van der Waals surface area contributed by atoms with Gasteiger partial charge in [-0.05, 0) is 48.9 Å². The maximum absolute atomic E-state index is 12.4. The Balaban J connectivity index is 1.67. The van der Waals surface area contributed by atoms with E-state index in [1.807, 2.05) is 6.92 Å². The summed E-state index contributed by atoms with van der Waals surface area (Å²) >= 11 is 0. The zero-order valence-corrected chi connectivity index (χ0v) is 15.7. The first-order valence-electron chi connectivity index (χ1n) is 8.67. The summed E-state index contributed by atoms with van der Waals surface area (Å²) in [6.07, 6.45) is 1.26. The Morgan fingerprint density at radius 3 is 2.14 bits per heavy atom. The Kier molecular flexibility index (Phi) is 5.59. The van der Waals surface area contributed by atoms with Crippen LogP contribution >= 0.6 is 0 Å². The Bertz CT molecular complexity index is 1070. The van der Waals surface area contributed by atoms with Crippen molar-refractivity contribution in [3.63, 3.8) is 0 Å². The quantitative estimate of drug-likeness (QED) is 0.453. The molecule has 0 saturated carbocycles. The average Bonchev–Trinajstić information content (AvgIpc) is 3.19. The van der Waals surface area contributed by atoms with Crippen LogP contribution in [0.4, 0.5) is 11.4 Å².